The van der Waals surface area contributed by atoms with Crippen LogP contribution in [-0.2, 0) is 17.6 Å². The van der Waals surface area contributed by atoms with E-state index in [2.05, 4.69) is 16.7 Å². The standard InChI is InChI=1S/C36H29Cl2N3O3S/c37-25-15-14-24(30(38)21-25)20-31(40-35(43)23-8-2-1-3-9-23)36(44)39-26-16-18-27(19-17-26)45-22-34(42)41-32-12-6-4-10-28(32)29-11-5-7-13-33(29)41/h1-4,6,8-10,12,14-21H,5,7,11,13,22H2,(H,39,44)(H,40,43)/b31-20-. The van der Waals surface area contributed by atoms with E-state index in [0.717, 1.165) is 41.8 Å². The molecule has 1 aliphatic rings. The number of hydrogen-bond donors (Lipinski definition) is 2. The van der Waals surface area contributed by atoms with E-state index >= 15 is 0 Å². The van der Waals surface area contributed by atoms with Crippen molar-refractivity contribution in [1.29, 1.82) is 0 Å². The monoisotopic (exact) mass is 653 g/mol. The number of amides is 2. The molecule has 2 N–H and O–H groups in total. The largest absolute Gasteiger partial charge is 0.321 e. The summed E-state index contributed by atoms with van der Waals surface area (Å²) in [4.78, 5) is 40.7. The Hall–Kier alpha value is -4.30. The number of carbonyl (C=O) groups is 3. The van der Waals surface area contributed by atoms with Crippen LogP contribution < -0.4 is 10.6 Å². The molecule has 4 aromatic carbocycles. The maximum atomic E-state index is 13.5. The number of aryl methyl sites for hydroxylation is 1. The van der Waals surface area contributed by atoms with Crippen molar-refractivity contribution < 1.29 is 14.4 Å². The van der Waals surface area contributed by atoms with Gasteiger partial charge in [0.05, 0.1) is 11.3 Å². The highest BCUT2D eigenvalue weighted by molar-refractivity contribution is 8.00. The minimum atomic E-state index is -0.523. The molecule has 0 aliphatic heterocycles. The zero-order valence-electron chi connectivity index (χ0n) is 24.2. The molecular formula is C36H29Cl2N3O3S. The van der Waals surface area contributed by atoms with Gasteiger partial charge in [0.15, 0.2) is 0 Å². The number of hydrogen-bond acceptors (Lipinski definition) is 4. The predicted molar refractivity (Wildman–Crippen MR) is 183 cm³/mol. The Morgan fingerprint density at radius 2 is 1.58 bits per heavy atom. The van der Waals surface area contributed by atoms with Crippen molar-refractivity contribution in [2.45, 2.75) is 30.6 Å². The molecule has 0 saturated carbocycles. The Bertz CT molecular complexity index is 1940. The van der Waals surface area contributed by atoms with Crippen molar-refractivity contribution in [2.24, 2.45) is 0 Å². The van der Waals surface area contributed by atoms with Crippen LogP contribution in [0.2, 0.25) is 10.0 Å². The highest BCUT2D eigenvalue weighted by Gasteiger charge is 2.23. The van der Waals surface area contributed by atoms with Crippen LogP contribution in [0.3, 0.4) is 0 Å². The number of nitrogens with one attached hydrogen (secondary N) is 2. The lowest BCUT2D eigenvalue weighted by Crippen LogP contribution is -2.30. The first-order valence-corrected chi connectivity index (χ1v) is 16.3. The van der Waals surface area contributed by atoms with Crippen molar-refractivity contribution in [2.75, 3.05) is 11.1 Å². The third-order valence-electron chi connectivity index (χ3n) is 7.69. The summed E-state index contributed by atoms with van der Waals surface area (Å²) in [5, 5.41) is 7.53. The third kappa shape index (κ3) is 7.01. The summed E-state index contributed by atoms with van der Waals surface area (Å²) in [5.74, 6) is -0.612. The number of halogens is 2. The van der Waals surface area contributed by atoms with E-state index in [1.165, 1.54) is 28.8 Å². The molecule has 0 unspecified atom stereocenters. The second kappa shape index (κ2) is 13.8. The normalized spacial score (nSPS) is 12.9. The van der Waals surface area contributed by atoms with E-state index < -0.39 is 11.8 Å². The summed E-state index contributed by atoms with van der Waals surface area (Å²) in [6, 6.07) is 28.9. The molecule has 6 nitrogen and oxygen atoms in total. The quantitative estimate of drug-likeness (QED) is 0.130. The van der Waals surface area contributed by atoms with Crippen LogP contribution in [0.1, 0.15) is 44.8 Å². The van der Waals surface area contributed by atoms with E-state index in [1.807, 2.05) is 34.9 Å². The fourth-order valence-corrected chi connectivity index (χ4v) is 6.75. The maximum absolute atomic E-state index is 13.5. The molecule has 9 heteroatoms. The Morgan fingerprint density at radius 3 is 2.36 bits per heavy atom. The Morgan fingerprint density at radius 1 is 0.844 bits per heavy atom. The van der Waals surface area contributed by atoms with Gasteiger partial charge in [0.2, 0.25) is 5.91 Å². The second-order valence-electron chi connectivity index (χ2n) is 10.7. The topological polar surface area (TPSA) is 80.2 Å². The van der Waals surface area contributed by atoms with Gasteiger partial charge in [-0.3, -0.25) is 19.0 Å². The third-order valence-corrected chi connectivity index (χ3v) is 9.25. The molecule has 226 valence electrons. The molecular weight excluding hydrogens is 625 g/mol. The Labute approximate surface area is 275 Å². The van der Waals surface area contributed by atoms with Crippen LogP contribution in [0.4, 0.5) is 5.69 Å². The molecule has 1 aliphatic carbocycles. The molecule has 0 fully saturated rings. The molecule has 0 atom stereocenters. The highest BCUT2D eigenvalue weighted by atomic mass is 35.5. The van der Waals surface area contributed by atoms with Gasteiger partial charge in [-0.05, 0) is 97.5 Å². The first kappa shape index (κ1) is 30.7. The van der Waals surface area contributed by atoms with Gasteiger partial charge in [-0.2, -0.15) is 0 Å². The second-order valence-corrected chi connectivity index (χ2v) is 12.6. The van der Waals surface area contributed by atoms with Crippen molar-refractivity contribution in [3.63, 3.8) is 0 Å². The molecule has 0 spiro atoms. The van der Waals surface area contributed by atoms with E-state index in [0.29, 0.717) is 26.9 Å². The lowest BCUT2D eigenvalue weighted by molar-refractivity contribution is -0.113. The molecule has 2 amide bonds. The smallest absolute Gasteiger partial charge is 0.272 e. The zero-order chi connectivity index (χ0) is 31.3. The Kier molecular flexibility index (Phi) is 9.40. The minimum Gasteiger partial charge on any atom is -0.321 e. The van der Waals surface area contributed by atoms with Crippen LogP contribution in [0.5, 0.6) is 0 Å². The van der Waals surface area contributed by atoms with Crippen LogP contribution in [-0.4, -0.2) is 28.0 Å². The molecule has 45 heavy (non-hydrogen) atoms. The SMILES string of the molecule is O=C(Nc1ccc(SCC(=O)n2c3c(c4ccccc42)CCCC3)cc1)/C(=C/c1ccc(Cl)cc1Cl)NC(=O)c1ccccc1. The fraction of sp³-hybridized carbons (Fsp3) is 0.139. The van der Waals surface area contributed by atoms with Crippen LogP contribution in [0.15, 0.2) is 108 Å². The van der Waals surface area contributed by atoms with E-state index in [4.69, 9.17) is 23.2 Å². The summed E-state index contributed by atoms with van der Waals surface area (Å²) >= 11 is 13.9. The summed E-state index contributed by atoms with van der Waals surface area (Å²) in [5.41, 5.74) is 4.91. The predicted octanol–water partition coefficient (Wildman–Crippen LogP) is 8.67. The van der Waals surface area contributed by atoms with Crippen LogP contribution in [0.25, 0.3) is 17.0 Å². The van der Waals surface area contributed by atoms with E-state index in [9.17, 15) is 14.4 Å². The van der Waals surface area contributed by atoms with Crippen LogP contribution in [0, 0.1) is 0 Å². The number of thioether (sulfide) groups is 1. The summed E-state index contributed by atoms with van der Waals surface area (Å²) in [6.45, 7) is 0. The summed E-state index contributed by atoms with van der Waals surface area (Å²) in [7, 11) is 0. The fourth-order valence-electron chi connectivity index (χ4n) is 5.54. The average Bonchev–Trinajstić information content (AvgIpc) is 3.40. The first-order valence-electron chi connectivity index (χ1n) is 14.6. The molecule has 0 saturated heterocycles. The van der Waals surface area contributed by atoms with Gasteiger partial charge < -0.3 is 10.6 Å². The van der Waals surface area contributed by atoms with Gasteiger partial charge in [-0.25, -0.2) is 0 Å². The highest BCUT2D eigenvalue weighted by Crippen LogP contribution is 2.33. The van der Waals surface area contributed by atoms with Gasteiger partial charge in [0, 0.05) is 37.3 Å². The first-order chi connectivity index (χ1) is 21.9. The number of nitrogens with zero attached hydrogens (tertiary/aromatic N) is 1. The number of benzene rings is 4. The van der Waals surface area contributed by atoms with Gasteiger partial charge >= 0.3 is 0 Å². The van der Waals surface area contributed by atoms with Gasteiger partial charge in [0.1, 0.15) is 5.70 Å². The lowest BCUT2D eigenvalue weighted by atomic mass is 9.96. The molecule has 1 heterocycles. The lowest BCUT2D eigenvalue weighted by Gasteiger charge is -2.15. The summed E-state index contributed by atoms with van der Waals surface area (Å²) in [6.07, 6.45) is 5.68. The number of aromatic nitrogens is 1. The average molecular weight is 655 g/mol. The number of carbonyl (C=O) groups excluding carboxylic acids is 3. The van der Waals surface area contributed by atoms with Crippen molar-refractivity contribution in [1.82, 2.24) is 9.88 Å². The Balaban J connectivity index is 1.16. The molecule has 0 bridgehead atoms. The van der Waals surface area contributed by atoms with Crippen LogP contribution >= 0.6 is 35.0 Å². The van der Waals surface area contributed by atoms with Gasteiger partial charge in [-0.15, -0.1) is 11.8 Å². The molecule has 1 aromatic heterocycles. The van der Waals surface area contributed by atoms with Gasteiger partial charge in [-0.1, -0.05) is 65.7 Å². The van der Waals surface area contributed by atoms with E-state index in [-0.39, 0.29) is 17.4 Å². The number of rotatable bonds is 8. The molecule has 6 rings (SSSR count). The zero-order valence-corrected chi connectivity index (χ0v) is 26.5. The molecule has 0 radical (unpaired) electrons. The van der Waals surface area contributed by atoms with Crippen molar-refractivity contribution in [3.8, 4) is 0 Å². The molecule has 5 aromatic rings. The van der Waals surface area contributed by atoms with Crippen molar-refractivity contribution >= 4 is 75.4 Å². The number of fused-ring (bicyclic) bond motifs is 3. The maximum Gasteiger partial charge on any atom is 0.272 e. The van der Waals surface area contributed by atoms with Crippen molar-refractivity contribution in [3.05, 3.63) is 135 Å². The van der Waals surface area contributed by atoms with Gasteiger partial charge in [0.25, 0.3) is 11.8 Å². The number of anilines is 1. The minimum absolute atomic E-state index is 0.0133. The summed E-state index contributed by atoms with van der Waals surface area (Å²) < 4.78 is 1.91. The van der Waals surface area contributed by atoms with E-state index in [1.54, 1.807) is 60.7 Å². The number of para-hydroxylation sites is 1.